The van der Waals surface area contributed by atoms with Crippen molar-refractivity contribution in [3.8, 4) is 0 Å². The first-order chi connectivity index (χ1) is 5.72. The number of nitrogens with one attached hydrogen (secondary N) is 1. The highest BCUT2D eigenvalue weighted by Gasteiger charge is 2.10. The van der Waals surface area contributed by atoms with Gasteiger partial charge in [0.1, 0.15) is 0 Å². The van der Waals surface area contributed by atoms with Crippen LogP contribution in [0.1, 0.15) is 26.7 Å². The summed E-state index contributed by atoms with van der Waals surface area (Å²) >= 11 is 0. The molecule has 0 saturated carbocycles. The molecule has 0 rings (SSSR count). The van der Waals surface area contributed by atoms with E-state index in [9.17, 15) is 0 Å². The van der Waals surface area contributed by atoms with Gasteiger partial charge in [-0.25, -0.2) is 0 Å². The minimum absolute atomic E-state index is 0.776. The van der Waals surface area contributed by atoms with Crippen molar-refractivity contribution in [3.63, 3.8) is 0 Å². The summed E-state index contributed by atoms with van der Waals surface area (Å²) in [5.74, 6) is 1.57. The summed E-state index contributed by atoms with van der Waals surface area (Å²) in [6.07, 6.45) is 2.45. The monoisotopic (exact) mass is 173 g/mol. The Kier molecular flexibility index (Phi) is 7.51. The maximum atomic E-state index is 5.05. The summed E-state index contributed by atoms with van der Waals surface area (Å²) in [5.41, 5.74) is 0. The summed E-state index contributed by atoms with van der Waals surface area (Å²) in [5, 5.41) is 3.18. The van der Waals surface area contributed by atoms with E-state index in [1.807, 2.05) is 7.05 Å². The standard InChI is InChI=1S/C10H23NO/c1-9(5-7-11-3)10(2)6-8-12-4/h9-11H,5-8H2,1-4H3. The lowest BCUT2D eigenvalue weighted by molar-refractivity contribution is 0.166. The number of hydrogen-bond acceptors (Lipinski definition) is 2. The van der Waals surface area contributed by atoms with Crippen molar-refractivity contribution < 1.29 is 4.74 Å². The van der Waals surface area contributed by atoms with E-state index in [4.69, 9.17) is 4.74 Å². The van der Waals surface area contributed by atoms with Crippen LogP contribution in [0, 0.1) is 11.8 Å². The molecule has 0 aromatic rings. The normalized spacial score (nSPS) is 16.0. The highest BCUT2D eigenvalue weighted by atomic mass is 16.5. The highest BCUT2D eigenvalue weighted by Crippen LogP contribution is 2.17. The fourth-order valence-corrected chi connectivity index (χ4v) is 1.24. The predicted octanol–water partition coefficient (Wildman–Crippen LogP) is 1.90. The molecule has 0 saturated heterocycles. The van der Waals surface area contributed by atoms with Gasteiger partial charge in [0.15, 0.2) is 0 Å². The zero-order valence-electron chi connectivity index (χ0n) is 8.89. The number of methoxy groups -OCH3 is 1. The molecule has 0 bridgehead atoms. The molecule has 2 heteroatoms. The molecular weight excluding hydrogens is 150 g/mol. The number of rotatable bonds is 7. The smallest absolute Gasteiger partial charge is 0.0464 e. The van der Waals surface area contributed by atoms with Crippen molar-refractivity contribution >= 4 is 0 Å². The van der Waals surface area contributed by atoms with Crippen molar-refractivity contribution in [2.75, 3.05) is 27.3 Å². The van der Waals surface area contributed by atoms with Gasteiger partial charge in [0.25, 0.3) is 0 Å². The second-order valence-corrected chi connectivity index (χ2v) is 3.63. The summed E-state index contributed by atoms with van der Waals surface area (Å²) < 4.78 is 5.05. The third-order valence-electron chi connectivity index (χ3n) is 2.60. The van der Waals surface area contributed by atoms with Crippen molar-refractivity contribution in [3.05, 3.63) is 0 Å². The van der Waals surface area contributed by atoms with Gasteiger partial charge >= 0.3 is 0 Å². The average Bonchev–Trinajstić information content (AvgIpc) is 2.10. The van der Waals surface area contributed by atoms with Crippen LogP contribution < -0.4 is 5.32 Å². The Bertz CT molecular complexity index is 83.8. The van der Waals surface area contributed by atoms with Gasteiger partial charge in [0.2, 0.25) is 0 Å². The Morgan fingerprint density at radius 2 is 1.75 bits per heavy atom. The number of hydrogen-bond donors (Lipinski definition) is 1. The second kappa shape index (κ2) is 7.56. The SMILES string of the molecule is CNCCC(C)C(C)CCOC. The zero-order valence-corrected chi connectivity index (χ0v) is 8.89. The Morgan fingerprint density at radius 3 is 2.25 bits per heavy atom. The van der Waals surface area contributed by atoms with E-state index < -0.39 is 0 Å². The van der Waals surface area contributed by atoms with E-state index in [0.29, 0.717) is 0 Å². The molecule has 12 heavy (non-hydrogen) atoms. The highest BCUT2D eigenvalue weighted by molar-refractivity contribution is 4.62. The van der Waals surface area contributed by atoms with Crippen LogP contribution in [0.4, 0.5) is 0 Å². The van der Waals surface area contributed by atoms with Crippen LogP contribution in [0.5, 0.6) is 0 Å². The number of ether oxygens (including phenoxy) is 1. The average molecular weight is 173 g/mol. The fraction of sp³-hybridized carbons (Fsp3) is 1.00. The Morgan fingerprint density at radius 1 is 1.17 bits per heavy atom. The van der Waals surface area contributed by atoms with Crippen LogP contribution in [-0.4, -0.2) is 27.3 Å². The molecule has 0 amide bonds. The molecule has 0 aliphatic rings. The quantitative estimate of drug-likeness (QED) is 0.635. The third kappa shape index (κ3) is 5.56. The molecule has 1 N–H and O–H groups in total. The van der Waals surface area contributed by atoms with Crippen LogP contribution >= 0.6 is 0 Å². The molecule has 0 aliphatic heterocycles. The van der Waals surface area contributed by atoms with Gasteiger partial charge in [0, 0.05) is 13.7 Å². The maximum absolute atomic E-state index is 5.05. The Balaban J connectivity index is 3.39. The van der Waals surface area contributed by atoms with Crippen LogP contribution in [0.3, 0.4) is 0 Å². The lowest BCUT2D eigenvalue weighted by Gasteiger charge is -2.19. The molecule has 2 nitrogen and oxygen atoms in total. The lowest BCUT2D eigenvalue weighted by Crippen LogP contribution is -2.17. The molecule has 0 radical (unpaired) electrons. The largest absolute Gasteiger partial charge is 0.385 e. The summed E-state index contributed by atoms with van der Waals surface area (Å²) in [6, 6.07) is 0. The van der Waals surface area contributed by atoms with Gasteiger partial charge < -0.3 is 10.1 Å². The van der Waals surface area contributed by atoms with E-state index in [-0.39, 0.29) is 0 Å². The van der Waals surface area contributed by atoms with Crippen LogP contribution in [0.15, 0.2) is 0 Å². The third-order valence-corrected chi connectivity index (χ3v) is 2.60. The first-order valence-electron chi connectivity index (χ1n) is 4.86. The topological polar surface area (TPSA) is 21.3 Å². The van der Waals surface area contributed by atoms with E-state index in [0.717, 1.165) is 25.0 Å². The molecule has 2 atom stereocenters. The van der Waals surface area contributed by atoms with Gasteiger partial charge in [-0.1, -0.05) is 13.8 Å². The maximum Gasteiger partial charge on any atom is 0.0464 e. The lowest BCUT2D eigenvalue weighted by atomic mass is 9.90. The molecule has 74 valence electrons. The van der Waals surface area contributed by atoms with Crippen molar-refractivity contribution in [2.45, 2.75) is 26.7 Å². The Hall–Kier alpha value is -0.0800. The van der Waals surface area contributed by atoms with Crippen molar-refractivity contribution in [1.82, 2.24) is 5.32 Å². The molecule has 0 aromatic carbocycles. The molecule has 0 aromatic heterocycles. The van der Waals surface area contributed by atoms with Crippen LogP contribution in [0.2, 0.25) is 0 Å². The van der Waals surface area contributed by atoms with Gasteiger partial charge in [-0.2, -0.15) is 0 Å². The fourth-order valence-electron chi connectivity index (χ4n) is 1.24. The van der Waals surface area contributed by atoms with Crippen LogP contribution in [-0.2, 0) is 4.74 Å². The summed E-state index contributed by atoms with van der Waals surface area (Å²) in [7, 11) is 3.78. The summed E-state index contributed by atoms with van der Waals surface area (Å²) in [6.45, 7) is 6.64. The first-order valence-corrected chi connectivity index (χ1v) is 4.86. The Labute approximate surface area is 76.7 Å². The van der Waals surface area contributed by atoms with E-state index >= 15 is 0 Å². The van der Waals surface area contributed by atoms with Gasteiger partial charge in [-0.05, 0) is 38.3 Å². The molecular formula is C10H23NO. The van der Waals surface area contributed by atoms with E-state index in [2.05, 4.69) is 19.2 Å². The summed E-state index contributed by atoms with van der Waals surface area (Å²) in [4.78, 5) is 0. The molecule has 0 aliphatic carbocycles. The van der Waals surface area contributed by atoms with Crippen LogP contribution in [0.25, 0.3) is 0 Å². The molecule has 0 heterocycles. The van der Waals surface area contributed by atoms with Crippen molar-refractivity contribution in [2.24, 2.45) is 11.8 Å². The second-order valence-electron chi connectivity index (χ2n) is 3.63. The molecule has 0 fully saturated rings. The van der Waals surface area contributed by atoms with E-state index in [1.165, 1.54) is 12.8 Å². The minimum Gasteiger partial charge on any atom is -0.385 e. The predicted molar refractivity (Wildman–Crippen MR) is 53.4 cm³/mol. The van der Waals surface area contributed by atoms with Gasteiger partial charge in [-0.15, -0.1) is 0 Å². The first kappa shape index (κ1) is 11.9. The minimum atomic E-state index is 0.776. The molecule has 0 spiro atoms. The van der Waals surface area contributed by atoms with Gasteiger partial charge in [-0.3, -0.25) is 0 Å². The van der Waals surface area contributed by atoms with Gasteiger partial charge in [0.05, 0.1) is 0 Å². The van der Waals surface area contributed by atoms with Crippen molar-refractivity contribution in [1.29, 1.82) is 0 Å². The van der Waals surface area contributed by atoms with E-state index in [1.54, 1.807) is 7.11 Å². The molecule has 2 unspecified atom stereocenters. The zero-order chi connectivity index (χ0) is 9.40.